The summed E-state index contributed by atoms with van der Waals surface area (Å²) in [5.41, 5.74) is 0.668. The van der Waals surface area contributed by atoms with E-state index < -0.39 is 0 Å². The standard InChI is InChI=1S/C19H28N2O4/c1-3-18(22)20-15-7-4-8-17(13-15)25-14-19(23)21(2)11-5-9-16-10-6-12-24-16/h4,7-8,13,16H,3,5-6,9-12,14H2,1-2H3,(H,20,22). The zero-order valence-corrected chi connectivity index (χ0v) is 15.1. The summed E-state index contributed by atoms with van der Waals surface area (Å²) in [6.45, 7) is 3.35. The van der Waals surface area contributed by atoms with Gasteiger partial charge in [-0.3, -0.25) is 9.59 Å². The molecule has 2 amide bonds. The quantitative estimate of drug-likeness (QED) is 0.745. The first-order valence-electron chi connectivity index (χ1n) is 8.96. The molecule has 1 aromatic rings. The number of carbonyl (C=O) groups excluding carboxylic acids is 2. The lowest BCUT2D eigenvalue weighted by molar-refractivity contribution is -0.132. The van der Waals surface area contributed by atoms with Gasteiger partial charge in [0.2, 0.25) is 5.91 Å². The second-order valence-electron chi connectivity index (χ2n) is 6.31. The summed E-state index contributed by atoms with van der Waals surface area (Å²) < 4.78 is 11.1. The van der Waals surface area contributed by atoms with Crippen molar-refractivity contribution in [2.75, 3.05) is 32.1 Å². The van der Waals surface area contributed by atoms with Crippen LogP contribution in [0.1, 0.15) is 39.0 Å². The zero-order valence-electron chi connectivity index (χ0n) is 15.1. The minimum Gasteiger partial charge on any atom is -0.484 e. The predicted octanol–water partition coefficient (Wildman–Crippen LogP) is 2.83. The van der Waals surface area contributed by atoms with E-state index in [9.17, 15) is 9.59 Å². The lowest BCUT2D eigenvalue weighted by Crippen LogP contribution is -2.32. The Bertz CT molecular complexity index is 570. The van der Waals surface area contributed by atoms with E-state index in [0.717, 1.165) is 32.3 Å². The molecule has 1 atom stereocenters. The van der Waals surface area contributed by atoms with Crippen LogP contribution in [-0.4, -0.2) is 49.6 Å². The van der Waals surface area contributed by atoms with Crippen LogP contribution in [0.3, 0.4) is 0 Å². The van der Waals surface area contributed by atoms with Gasteiger partial charge in [0.1, 0.15) is 5.75 Å². The predicted molar refractivity (Wildman–Crippen MR) is 96.7 cm³/mol. The Morgan fingerprint density at radius 1 is 1.40 bits per heavy atom. The van der Waals surface area contributed by atoms with Crippen molar-refractivity contribution in [3.05, 3.63) is 24.3 Å². The van der Waals surface area contributed by atoms with Gasteiger partial charge in [0.05, 0.1) is 6.10 Å². The molecule has 6 heteroatoms. The summed E-state index contributed by atoms with van der Waals surface area (Å²) in [7, 11) is 1.79. The van der Waals surface area contributed by atoms with Crippen LogP contribution >= 0.6 is 0 Å². The first-order chi connectivity index (χ1) is 12.1. The monoisotopic (exact) mass is 348 g/mol. The smallest absolute Gasteiger partial charge is 0.260 e. The SMILES string of the molecule is CCC(=O)Nc1cccc(OCC(=O)N(C)CCCC2CCCO2)c1. The maximum atomic E-state index is 12.2. The van der Waals surface area contributed by atoms with E-state index in [-0.39, 0.29) is 18.4 Å². The van der Waals surface area contributed by atoms with Crippen molar-refractivity contribution in [1.82, 2.24) is 4.90 Å². The Hall–Kier alpha value is -2.08. The molecule has 1 aliphatic rings. The largest absolute Gasteiger partial charge is 0.484 e. The van der Waals surface area contributed by atoms with Crippen LogP contribution in [-0.2, 0) is 14.3 Å². The van der Waals surface area contributed by atoms with Crippen molar-refractivity contribution in [1.29, 1.82) is 0 Å². The fourth-order valence-corrected chi connectivity index (χ4v) is 2.72. The third-order valence-electron chi connectivity index (χ3n) is 4.27. The third kappa shape index (κ3) is 6.74. The number of carbonyl (C=O) groups is 2. The number of nitrogens with one attached hydrogen (secondary N) is 1. The molecule has 0 spiro atoms. The molecular formula is C19H28N2O4. The average Bonchev–Trinajstić information content (AvgIpc) is 3.13. The number of nitrogens with zero attached hydrogens (tertiary/aromatic N) is 1. The van der Waals surface area contributed by atoms with Gasteiger partial charge in [0.25, 0.3) is 5.91 Å². The van der Waals surface area contributed by atoms with Crippen molar-refractivity contribution in [3.63, 3.8) is 0 Å². The minimum atomic E-state index is -0.0599. The molecule has 0 aliphatic carbocycles. The van der Waals surface area contributed by atoms with Gasteiger partial charge in [-0.25, -0.2) is 0 Å². The van der Waals surface area contributed by atoms with Crippen molar-refractivity contribution < 1.29 is 19.1 Å². The van der Waals surface area contributed by atoms with Crippen LogP contribution in [0, 0.1) is 0 Å². The summed E-state index contributed by atoms with van der Waals surface area (Å²) >= 11 is 0. The molecule has 1 heterocycles. The Labute approximate surface area is 149 Å². The first kappa shape index (κ1) is 19.2. The van der Waals surface area contributed by atoms with E-state index in [2.05, 4.69) is 5.32 Å². The number of amides is 2. The van der Waals surface area contributed by atoms with Gasteiger partial charge >= 0.3 is 0 Å². The zero-order chi connectivity index (χ0) is 18.1. The summed E-state index contributed by atoms with van der Waals surface area (Å²) in [5.74, 6) is 0.449. The molecule has 25 heavy (non-hydrogen) atoms. The fraction of sp³-hybridized carbons (Fsp3) is 0.579. The molecule has 0 saturated carbocycles. The van der Waals surface area contributed by atoms with Crippen LogP contribution in [0.2, 0.25) is 0 Å². The molecule has 1 aliphatic heterocycles. The number of ether oxygens (including phenoxy) is 2. The molecule has 1 N–H and O–H groups in total. The maximum Gasteiger partial charge on any atom is 0.260 e. The van der Waals surface area contributed by atoms with Gasteiger partial charge in [-0.15, -0.1) is 0 Å². The summed E-state index contributed by atoms with van der Waals surface area (Å²) in [6, 6.07) is 7.07. The van der Waals surface area contributed by atoms with Gasteiger partial charge < -0.3 is 19.7 Å². The van der Waals surface area contributed by atoms with Crippen LogP contribution in [0.4, 0.5) is 5.69 Å². The van der Waals surface area contributed by atoms with Crippen molar-refractivity contribution in [2.24, 2.45) is 0 Å². The highest BCUT2D eigenvalue weighted by Gasteiger charge is 2.16. The second-order valence-corrected chi connectivity index (χ2v) is 6.31. The van der Waals surface area contributed by atoms with Crippen LogP contribution < -0.4 is 10.1 Å². The molecule has 0 bridgehead atoms. The number of benzene rings is 1. The normalized spacial score (nSPS) is 16.5. The number of hydrogen-bond acceptors (Lipinski definition) is 4. The molecule has 1 saturated heterocycles. The number of likely N-dealkylation sites (N-methyl/N-ethyl adjacent to an activating group) is 1. The maximum absolute atomic E-state index is 12.2. The summed E-state index contributed by atoms with van der Waals surface area (Å²) in [4.78, 5) is 25.3. The highest BCUT2D eigenvalue weighted by atomic mass is 16.5. The number of hydrogen-bond donors (Lipinski definition) is 1. The van der Waals surface area contributed by atoms with Crippen LogP contribution in [0.5, 0.6) is 5.75 Å². The lowest BCUT2D eigenvalue weighted by Gasteiger charge is -2.18. The lowest BCUT2D eigenvalue weighted by atomic mass is 10.1. The molecule has 1 unspecified atom stereocenters. The topological polar surface area (TPSA) is 67.9 Å². The number of rotatable bonds is 9. The van der Waals surface area contributed by atoms with Crippen molar-refractivity contribution in [3.8, 4) is 5.75 Å². The van der Waals surface area contributed by atoms with E-state index in [1.165, 1.54) is 0 Å². The molecule has 6 nitrogen and oxygen atoms in total. The van der Waals surface area contributed by atoms with Gasteiger partial charge in [-0.2, -0.15) is 0 Å². The highest BCUT2D eigenvalue weighted by Crippen LogP contribution is 2.18. The molecule has 0 radical (unpaired) electrons. The Balaban J connectivity index is 1.71. The Morgan fingerprint density at radius 3 is 2.96 bits per heavy atom. The van der Waals surface area contributed by atoms with Gasteiger partial charge in [0.15, 0.2) is 6.61 Å². The Morgan fingerprint density at radius 2 is 2.24 bits per heavy atom. The van der Waals surface area contributed by atoms with Crippen LogP contribution in [0.25, 0.3) is 0 Å². The molecule has 2 rings (SSSR count). The van der Waals surface area contributed by atoms with Crippen LogP contribution in [0.15, 0.2) is 24.3 Å². The van der Waals surface area contributed by atoms with Gasteiger partial charge in [-0.1, -0.05) is 13.0 Å². The minimum absolute atomic E-state index is 0.0123. The fourth-order valence-electron chi connectivity index (χ4n) is 2.72. The third-order valence-corrected chi connectivity index (χ3v) is 4.27. The highest BCUT2D eigenvalue weighted by molar-refractivity contribution is 5.90. The first-order valence-corrected chi connectivity index (χ1v) is 8.96. The van der Waals surface area contributed by atoms with Crippen molar-refractivity contribution in [2.45, 2.75) is 45.1 Å². The molecule has 1 aromatic carbocycles. The van der Waals surface area contributed by atoms with E-state index in [0.29, 0.717) is 30.5 Å². The van der Waals surface area contributed by atoms with Gasteiger partial charge in [0, 0.05) is 38.4 Å². The Kier molecular flexibility index (Phi) is 7.73. The molecule has 1 fully saturated rings. The van der Waals surface area contributed by atoms with E-state index >= 15 is 0 Å². The summed E-state index contributed by atoms with van der Waals surface area (Å²) in [5, 5.41) is 2.77. The number of anilines is 1. The van der Waals surface area contributed by atoms with E-state index in [1.54, 1.807) is 43.1 Å². The second kappa shape index (κ2) is 10.0. The molecular weight excluding hydrogens is 320 g/mol. The van der Waals surface area contributed by atoms with E-state index in [4.69, 9.17) is 9.47 Å². The van der Waals surface area contributed by atoms with Crippen molar-refractivity contribution >= 4 is 17.5 Å². The average molecular weight is 348 g/mol. The van der Waals surface area contributed by atoms with Gasteiger partial charge in [-0.05, 0) is 37.8 Å². The van der Waals surface area contributed by atoms with E-state index in [1.807, 2.05) is 0 Å². The molecule has 0 aromatic heterocycles. The molecule has 138 valence electrons. The summed E-state index contributed by atoms with van der Waals surface area (Å²) in [6.07, 6.45) is 4.99.